The molecular weight excluding hydrogens is 240 g/mol. The fourth-order valence-electron chi connectivity index (χ4n) is 2.53. The maximum absolute atomic E-state index is 12.2. The molecule has 2 rings (SSSR count). The summed E-state index contributed by atoms with van der Waals surface area (Å²) >= 11 is 0. The lowest BCUT2D eigenvalue weighted by Crippen LogP contribution is -2.07. The van der Waals surface area contributed by atoms with Gasteiger partial charge in [-0.1, -0.05) is 13.3 Å². The van der Waals surface area contributed by atoms with Gasteiger partial charge in [0.05, 0.1) is 11.8 Å². The molecule has 4 nitrogen and oxygen atoms in total. The number of carbonyl (C=O) groups is 1. The normalized spacial score (nSPS) is 18.9. The van der Waals surface area contributed by atoms with E-state index in [-0.39, 0.29) is 5.78 Å². The number of hydrogen-bond acceptors (Lipinski definition) is 3. The van der Waals surface area contributed by atoms with Gasteiger partial charge in [0.2, 0.25) is 0 Å². The second kappa shape index (κ2) is 6.85. The molecule has 1 aliphatic rings. The molecule has 1 unspecified atom stereocenters. The average molecular weight is 264 g/mol. The van der Waals surface area contributed by atoms with Gasteiger partial charge in [-0.3, -0.25) is 9.48 Å². The third kappa shape index (κ3) is 3.66. The van der Waals surface area contributed by atoms with E-state index in [1.54, 1.807) is 6.20 Å². The minimum absolute atomic E-state index is 0.229. The molecular formula is C15H24N2O2. The van der Waals surface area contributed by atoms with E-state index in [9.17, 15) is 4.79 Å². The van der Waals surface area contributed by atoms with E-state index < -0.39 is 0 Å². The van der Waals surface area contributed by atoms with Crippen molar-refractivity contribution in [2.24, 2.45) is 5.92 Å². The topological polar surface area (TPSA) is 44.1 Å². The first-order chi connectivity index (χ1) is 9.22. The lowest BCUT2D eigenvalue weighted by atomic mass is 9.98. The van der Waals surface area contributed by atoms with E-state index in [4.69, 9.17) is 4.74 Å². The van der Waals surface area contributed by atoms with Gasteiger partial charge in [0.1, 0.15) is 0 Å². The molecule has 0 amide bonds. The largest absolute Gasteiger partial charge is 0.381 e. The van der Waals surface area contributed by atoms with E-state index in [1.807, 2.05) is 11.6 Å². The summed E-state index contributed by atoms with van der Waals surface area (Å²) in [6, 6.07) is 0. The molecule has 1 saturated heterocycles. The Hall–Kier alpha value is -1.16. The predicted octanol–water partition coefficient (Wildman–Crippen LogP) is 2.99. The van der Waals surface area contributed by atoms with E-state index in [0.717, 1.165) is 56.7 Å². The van der Waals surface area contributed by atoms with Gasteiger partial charge in [-0.15, -0.1) is 0 Å². The molecule has 1 aromatic rings. The van der Waals surface area contributed by atoms with Crippen molar-refractivity contribution in [1.82, 2.24) is 9.78 Å². The van der Waals surface area contributed by atoms with Crippen molar-refractivity contribution in [3.8, 4) is 0 Å². The molecule has 106 valence electrons. The highest BCUT2D eigenvalue weighted by atomic mass is 16.5. The summed E-state index contributed by atoms with van der Waals surface area (Å²) in [6.45, 7) is 6.74. The van der Waals surface area contributed by atoms with Crippen LogP contribution in [0.25, 0.3) is 0 Å². The van der Waals surface area contributed by atoms with Crippen LogP contribution in [0.4, 0.5) is 0 Å². The number of Topliss-reactive ketones (excluding diaryl/α,β-unsaturated/α-hetero) is 1. The molecule has 1 atom stereocenters. The minimum atomic E-state index is 0.229. The zero-order chi connectivity index (χ0) is 13.7. The number of nitrogens with zero attached hydrogens (tertiary/aromatic N) is 2. The summed E-state index contributed by atoms with van der Waals surface area (Å²) in [4.78, 5) is 12.2. The van der Waals surface area contributed by atoms with E-state index in [1.165, 1.54) is 0 Å². The third-order valence-electron chi connectivity index (χ3n) is 3.93. The van der Waals surface area contributed by atoms with Crippen LogP contribution in [0.3, 0.4) is 0 Å². The fraction of sp³-hybridized carbons (Fsp3) is 0.733. The van der Waals surface area contributed by atoms with Crippen molar-refractivity contribution in [3.63, 3.8) is 0 Å². The Bertz CT molecular complexity index is 420. The lowest BCUT2D eigenvalue weighted by molar-refractivity contribution is 0.0970. The van der Waals surface area contributed by atoms with Crippen molar-refractivity contribution in [2.45, 2.75) is 52.5 Å². The van der Waals surface area contributed by atoms with Crippen molar-refractivity contribution in [1.29, 1.82) is 0 Å². The van der Waals surface area contributed by atoms with Crippen molar-refractivity contribution >= 4 is 5.78 Å². The van der Waals surface area contributed by atoms with Crippen molar-refractivity contribution < 1.29 is 9.53 Å². The summed E-state index contributed by atoms with van der Waals surface area (Å²) in [5, 5.41) is 4.33. The third-order valence-corrected chi connectivity index (χ3v) is 3.93. The Morgan fingerprint density at radius 1 is 1.58 bits per heavy atom. The highest BCUT2D eigenvalue weighted by molar-refractivity contribution is 5.96. The smallest absolute Gasteiger partial charge is 0.166 e. The second-order valence-electron chi connectivity index (χ2n) is 5.41. The summed E-state index contributed by atoms with van der Waals surface area (Å²) in [5.41, 5.74) is 1.82. The summed E-state index contributed by atoms with van der Waals surface area (Å²) in [7, 11) is 0. The van der Waals surface area contributed by atoms with Gasteiger partial charge in [-0.25, -0.2) is 0 Å². The first-order valence-corrected chi connectivity index (χ1v) is 7.35. The van der Waals surface area contributed by atoms with Crippen LogP contribution in [-0.4, -0.2) is 28.8 Å². The Morgan fingerprint density at radius 2 is 2.42 bits per heavy atom. The van der Waals surface area contributed by atoms with Gasteiger partial charge < -0.3 is 4.74 Å². The number of carbonyl (C=O) groups excluding carboxylic acids is 1. The highest BCUT2D eigenvalue weighted by Gasteiger charge is 2.19. The molecule has 0 bridgehead atoms. The zero-order valence-corrected chi connectivity index (χ0v) is 12.0. The first kappa shape index (κ1) is 14.3. The van der Waals surface area contributed by atoms with Gasteiger partial charge in [0, 0.05) is 31.9 Å². The number of aromatic nitrogens is 2. The van der Waals surface area contributed by atoms with Crippen LogP contribution in [0.15, 0.2) is 6.20 Å². The van der Waals surface area contributed by atoms with Crippen molar-refractivity contribution in [3.05, 3.63) is 17.5 Å². The molecule has 2 heterocycles. The van der Waals surface area contributed by atoms with Crippen LogP contribution in [0.5, 0.6) is 0 Å². The predicted molar refractivity (Wildman–Crippen MR) is 74.4 cm³/mol. The minimum Gasteiger partial charge on any atom is -0.381 e. The summed E-state index contributed by atoms with van der Waals surface area (Å²) < 4.78 is 7.29. The van der Waals surface area contributed by atoms with E-state index >= 15 is 0 Å². The molecule has 0 saturated carbocycles. The number of ketones is 1. The number of rotatable bonds is 7. The van der Waals surface area contributed by atoms with Crippen LogP contribution < -0.4 is 0 Å². The molecule has 1 aromatic heterocycles. The molecule has 0 spiro atoms. The second-order valence-corrected chi connectivity index (χ2v) is 5.41. The highest BCUT2D eigenvalue weighted by Crippen LogP contribution is 2.20. The standard InChI is InChI=1S/C15H24N2O2/c1-3-4-8-17-12(2)14(10-16-17)15(18)6-5-13-7-9-19-11-13/h10,13H,3-9,11H2,1-2H3. The fourth-order valence-corrected chi connectivity index (χ4v) is 2.53. The molecule has 0 aromatic carbocycles. The Morgan fingerprint density at radius 3 is 3.11 bits per heavy atom. The molecule has 4 heteroatoms. The van der Waals surface area contributed by atoms with Crippen LogP contribution in [0, 0.1) is 12.8 Å². The summed E-state index contributed by atoms with van der Waals surface area (Å²) in [5.74, 6) is 0.798. The Kier molecular flexibility index (Phi) is 5.14. The first-order valence-electron chi connectivity index (χ1n) is 7.35. The molecule has 1 fully saturated rings. The van der Waals surface area contributed by atoms with Crippen LogP contribution in [-0.2, 0) is 11.3 Å². The molecule has 1 aliphatic heterocycles. The van der Waals surface area contributed by atoms with Gasteiger partial charge in [0.25, 0.3) is 0 Å². The molecule has 0 radical (unpaired) electrons. The monoisotopic (exact) mass is 264 g/mol. The van der Waals surface area contributed by atoms with Crippen LogP contribution >= 0.6 is 0 Å². The van der Waals surface area contributed by atoms with Gasteiger partial charge in [-0.05, 0) is 32.1 Å². The molecule has 0 aliphatic carbocycles. The SMILES string of the molecule is CCCCn1ncc(C(=O)CCC2CCOC2)c1C. The Labute approximate surface area is 115 Å². The quantitative estimate of drug-likeness (QED) is 0.711. The number of hydrogen-bond donors (Lipinski definition) is 0. The number of unbranched alkanes of at least 4 members (excludes halogenated alkanes) is 1. The lowest BCUT2D eigenvalue weighted by Gasteiger charge is -2.07. The zero-order valence-electron chi connectivity index (χ0n) is 12.0. The van der Waals surface area contributed by atoms with Gasteiger partial charge >= 0.3 is 0 Å². The Balaban J connectivity index is 1.89. The van der Waals surface area contributed by atoms with Crippen LogP contribution in [0.2, 0.25) is 0 Å². The van der Waals surface area contributed by atoms with E-state index in [2.05, 4.69) is 12.0 Å². The van der Waals surface area contributed by atoms with Gasteiger partial charge in [0.15, 0.2) is 5.78 Å². The summed E-state index contributed by atoms with van der Waals surface area (Å²) in [6.07, 6.45) is 6.65. The number of aryl methyl sites for hydroxylation is 1. The van der Waals surface area contributed by atoms with E-state index in [0.29, 0.717) is 12.3 Å². The average Bonchev–Trinajstić information content (AvgIpc) is 3.03. The maximum Gasteiger partial charge on any atom is 0.166 e. The molecule has 0 N–H and O–H groups in total. The van der Waals surface area contributed by atoms with Crippen LogP contribution in [0.1, 0.15) is 55.1 Å². The van der Waals surface area contributed by atoms with Crippen molar-refractivity contribution in [2.75, 3.05) is 13.2 Å². The molecule has 19 heavy (non-hydrogen) atoms. The maximum atomic E-state index is 12.2. The number of ether oxygens (including phenoxy) is 1. The van der Waals surface area contributed by atoms with Gasteiger partial charge in [-0.2, -0.15) is 5.10 Å².